The molecule has 184 valence electrons. The minimum atomic E-state index is -0.665. The van der Waals surface area contributed by atoms with Crippen LogP contribution in [0.15, 0.2) is 78.9 Å². The first-order valence-electron chi connectivity index (χ1n) is 11.8. The van der Waals surface area contributed by atoms with Crippen molar-refractivity contribution in [3.8, 4) is 0 Å². The van der Waals surface area contributed by atoms with Crippen molar-refractivity contribution in [3.05, 3.63) is 107 Å². The van der Waals surface area contributed by atoms with E-state index in [1.807, 2.05) is 75.4 Å². The molecular weight excluding hydrogens is 459 g/mol. The van der Waals surface area contributed by atoms with Crippen LogP contribution in [0.25, 0.3) is 0 Å². The number of nitrogens with zero attached hydrogens (tertiary/aromatic N) is 1. The Balaban J connectivity index is 1.85. The molecule has 1 N–H and O–H groups in total. The van der Waals surface area contributed by atoms with Crippen LogP contribution in [0.2, 0.25) is 0 Å². The van der Waals surface area contributed by atoms with E-state index in [1.165, 1.54) is 17.8 Å². The number of nitrogens with one attached hydrogen (secondary N) is 1. The number of benzene rings is 3. The number of carbonyl (C=O) groups excluding carboxylic acids is 2. The second-order valence-electron chi connectivity index (χ2n) is 8.96. The normalized spacial score (nSPS) is 11.8. The van der Waals surface area contributed by atoms with Gasteiger partial charge in [-0.3, -0.25) is 9.59 Å². The van der Waals surface area contributed by atoms with Crippen LogP contribution in [0, 0.1) is 12.7 Å². The fourth-order valence-corrected chi connectivity index (χ4v) is 4.79. The maximum Gasteiger partial charge on any atom is 0.243 e. The molecule has 0 aromatic heterocycles. The van der Waals surface area contributed by atoms with Gasteiger partial charge in [-0.25, -0.2) is 4.39 Å². The third-order valence-corrected chi connectivity index (χ3v) is 6.54. The highest BCUT2D eigenvalue weighted by Gasteiger charge is 2.30. The number of thioether (sulfide) groups is 1. The van der Waals surface area contributed by atoms with E-state index in [-0.39, 0.29) is 29.4 Å². The number of rotatable bonds is 11. The summed E-state index contributed by atoms with van der Waals surface area (Å²) in [5.74, 6) is -0.0579. The molecule has 0 saturated heterocycles. The Bertz CT molecular complexity index is 1120. The molecule has 35 heavy (non-hydrogen) atoms. The summed E-state index contributed by atoms with van der Waals surface area (Å²) in [6.07, 6.45) is 0.412. The maximum absolute atomic E-state index is 14.0. The van der Waals surface area contributed by atoms with Gasteiger partial charge in [0.2, 0.25) is 11.8 Å². The van der Waals surface area contributed by atoms with Gasteiger partial charge in [0.1, 0.15) is 11.9 Å². The largest absolute Gasteiger partial charge is 0.352 e. The monoisotopic (exact) mass is 492 g/mol. The van der Waals surface area contributed by atoms with Crippen molar-refractivity contribution in [1.82, 2.24) is 10.2 Å². The number of hydrogen-bond donors (Lipinski definition) is 1. The molecule has 0 aliphatic carbocycles. The van der Waals surface area contributed by atoms with E-state index in [2.05, 4.69) is 5.32 Å². The Kier molecular flexibility index (Phi) is 9.91. The smallest absolute Gasteiger partial charge is 0.243 e. The van der Waals surface area contributed by atoms with Crippen molar-refractivity contribution in [1.29, 1.82) is 0 Å². The average molecular weight is 493 g/mol. The standard InChI is InChI=1S/C29H33FN2O2S/c1-21(2)31-29(34)27(17-23-11-5-4-6-12-23)32(18-24-13-9-10-22(3)16-24)28(33)20-35-19-25-14-7-8-15-26(25)30/h4-16,21,27H,17-20H2,1-3H3,(H,31,34)/t27-/m0/s1. The summed E-state index contributed by atoms with van der Waals surface area (Å²) < 4.78 is 14.0. The molecule has 0 saturated carbocycles. The molecule has 0 spiro atoms. The van der Waals surface area contributed by atoms with E-state index < -0.39 is 6.04 Å². The lowest BCUT2D eigenvalue weighted by molar-refractivity contribution is -0.139. The molecule has 0 bridgehead atoms. The van der Waals surface area contributed by atoms with E-state index in [1.54, 1.807) is 23.1 Å². The zero-order chi connectivity index (χ0) is 25.2. The van der Waals surface area contributed by atoms with Crippen molar-refractivity contribution < 1.29 is 14.0 Å². The van der Waals surface area contributed by atoms with Gasteiger partial charge in [-0.15, -0.1) is 11.8 Å². The molecule has 0 fully saturated rings. The van der Waals surface area contributed by atoms with Crippen LogP contribution in [-0.2, 0) is 28.3 Å². The maximum atomic E-state index is 14.0. The molecule has 0 radical (unpaired) electrons. The fourth-order valence-electron chi connectivity index (χ4n) is 3.89. The molecule has 0 unspecified atom stereocenters. The fraction of sp³-hybridized carbons (Fsp3) is 0.310. The van der Waals surface area contributed by atoms with Crippen molar-refractivity contribution in [2.45, 2.75) is 51.6 Å². The third kappa shape index (κ3) is 8.25. The Morgan fingerprint density at radius 1 is 0.943 bits per heavy atom. The number of amides is 2. The number of aryl methyl sites for hydroxylation is 1. The lowest BCUT2D eigenvalue weighted by atomic mass is 10.0. The summed E-state index contributed by atoms with van der Waals surface area (Å²) in [7, 11) is 0. The lowest BCUT2D eigenvalue weighted by Crippen LogP contribution is -2.52. The molecule has 0 aliphatic rings. The van der Waals surface area contributed by atoms with Crippen LogP contribution in [0.1, 0.15) is 36.1 Å². The van der Waals surface area contributed by atoms with Crippen molar-refractivity contribution in [2.75, 3.05) is 5.75 Å². The van der Waals surface area contributed by atoms with Gasteiger partial charge in [0.15, 0.2) is 0 Å². The molecule has 1 atom stereocenters. The second kappa shape index (κ2) is 13.1. The van der Waals surface area contributed by atoms with Gasteiger partial charge >= 0.3 is 0 Å². The van der Waals surface area contributed by atoms with Gasteiger partial charge in [0.25, 0.3) is 0 Å². The summed E-state index contributed by atoms with van der Waals surface area (Å²) in [6, 6.07) is 23.6. The molecule has 3 aromatic carbocycles. The second-order valence-corrected chi connectivity index (χ2v) is 9.95. The predicted molar refractivity (Wildman–Crippen MR) is 142 cm³/mol. The molecular formula is C29H33FN2O2S. The van der Waals surface area contributed by atoms with Gasteiger partial charge in [0, 0.05) is 24.8 Å². The van der Waals surface area contributed by atoms with Gasteiger partial charge < -0.3 is 10.2 Å². The third-order valence-electron chi connectivity index (χ3n) is 5.58. The van der Waals surface area contributed by atoms with Crippen molar-refractivity contribution in [2.24, 2.45) is 0 Å². The quantitative estimate of drug-likeness (QED) is 0.383. The summed E-state index contributed by atoms with van der Waals surface area (Å²) in [4.78, 5) is 28.6. The molecule has 0 heterocycles. The topological polar surface area (TPSA) is 49.4 Å². The highest BCUT2D eigenvalue weighted by atomic mass is 32.2. The van der Waals surface area contributed by atoms with Gasteiger partial charge in [-0.05, 0) is 43.5 Å². The van der Waals surface area contributed by atoms with Crippen LogP contribution in [0.3, 0.4) is 0 Å². The summed E-state index contributed by atoms with van der Waals surface area (Å²) in [5, 5.41) is 3.00. The highest BCUT2D eigenvalue weighted by Crippen LogP contribution is 2.20. The van der Waals surface area contributed by atoms with E-state index >= 15 is 0 Å². The Morgan fingerprint density at radius 2 is 1.63 bits per heavy atom. The zero-order valence-electron chi connectivity index (χ0n) is 20.5. The molecule has 0 aliphatic heterocycles. The average Bonchev–Trinajstić information content (AvgIpc) is 2.82. The van der Waals surface area contributed by atoms with Crippen LogP contribution in [-0.4, -0.2) is 34.6 Å². The highest BCUT2D eigenvalue weighted by molar-refractivity contribution is 7.99. The summed E-state index contributed by atoms with van der Waals surface area (Å²) in [6.45, 7) is 6.15. The SMILES string of the molecule is Cc1cccc(CN(C(=O)CSCc2ccccc2F)[C@@H](Cc2ccccc2)C(=O)NC(C)C)c1. The molecule has 3 rings (SSSR count). The van der Waals surface area contributed by atoms with Crippen LogP contribution in [0.5, 0.6) is 0 Å². The molecule has 6 heteroatoms. The van der Waals surface area contributed by atoms with E-state index in [0.29, 0.717) is 24.3 Å². The first kappa shape index (κ1) is 26.5. The van der Waals surface area contributed by atoms with E-state index in [9.17, 15) is 14.0 Å². The Hall–Kier alpha value is -3.12. The van der Waals surface area contributed by atoms with Crippen molar-refractivity contribution in [3.63, 3.8) is 0 Å². The van der Waals surface area contributed by atoms with Gasteiger partial charge in [-0.2, -0.15) is 0 Å². The molecule has 3 aromatic rings. The van der Waals surface area contributed by atoms with E-state index in [4.69, 9.17) is 0 Å². The number of halogens is 1. The number of hydrogen-bond acceptors (Lipinski definition) is 3. The first-order valence-corrected chi connectivity index (χ1v) is 13.0. The van der Waals surface area contributed by atoms with Crippen LogP contribution in [0.4, 0.5) is 4.39 Å². The molecule has 4 nitrogen and oxygen atoms in total. The molecule has 2 amide bonds. The van der Waals surface area contributed by atoms with Crippen LogP contribution < -0.4 is 5.32 Å². The lowest BCUT2D eigenvalue weighted by Gasteiger charge is -2.32. The predicted octanol–water partition coefficient (Wildman–Crippen LogP) is 5.53. The zero-order valence-corrected chi connectivity index (χ0v) is 21.4. The first-order chi connectivity index (χ1) is 16.8. The van der Waals surface area contributed by atoms with Gasteiger partial charge in [0.05, 0.1) is 5.75 Å². The van der Waals surface area contributed by atoms with Crippen LogP contribution >= 0.6 is 11.8 Å². The minimum absolute atomic E-state index is 0.0490. The van der Waals surface area contributed by atoms with Crippen molar-refractivity contribution >= 4 is 23.6 Å². The minimum Gasteiger partial charge on any atom is -0.352 e. The Labute approximate surface area is 211 Å². The van der Waals surface area contributed by atoms with E-state index in [0.717, 1.165) is 16.7 Å². The number of carbonyl (C=O) groups is 2. The van der Waals surface area contributed by atoms with Gasteiger partial charge in [-0.1, -0.05) is 78.4 Å². The Morgan fingerprint density at radius 3 is 2.31 bits per heavy atom. The summed E-state index contributed by atoms with van der Waals surface area (Å²) >= 11 is 1.36. The summed E-state index contributed by atoms with van der Waals surface area (Å²) in [5.41, 5.74) is 3.61.